The van der Waals surface area contributed by atoms with Crippen LogP contribution in [0.25, 0.3) is 72.5 Å². The molecule has 6 aromatic carbocycles. The van der Waals surface area contributed by atoms with E-state index in [2.05, 4.69) is 218 Å². The Bertz CT molecular complexity index is 3080. The maximum atomic E-state index is 12.6. The van der Waals surface area contributed by atoms with Crippen molar-refractivity contribution in [3.05, 3.63) is 149 Å². The topological polar surface area (TPSA) is 63.8 Å². The fraction of sp³-hybridized carbons (Fsp3) is 0.339. The molecule has 0 fully saturated rings. The van der Waals surface area contributed by atoms with Gasteiger partial charge in [0.15, 0.2) is 0 Å². The Labute approximate surface area is 402 Å². The summed E-state index contributed by atoms with van der Waals surface area (Å²) in [6.07, 6.45) is 1.69. The Morgan fingerprint density at radius 1 is 0.585 bits per heavy atom. The molecule has 6 heteroatoms. The minimum Gasteiger partial charge on any atom is -0.507 e. The Kier molecular flexibility index (Phi) is 12.5. The fourth-order valence-corrected chi connectivity index (χ4v) is 9.00. The van der Waals surface area contributed by atoms with Crippen molar-refractivity contribution in [1.82, 2.24) is 19.5 Å². The number of phenols is 1. The van der Waals surface area contributed by atoms with Gasteiger partial charge in [0.25, 0.3) is 0 Å². The number of para-hydroxylation sites is 1. The van der Waals surface area contributed by atoms with Crippen molar-refractivity contribution < 1.29 is 26.2 Å². The normalized spacial score (nSPS) is 12.6. The van der Waals surface area contributed by atoms with Crippen LogP contribution in [-0.2, 0) is 42.7 Å². The van der Waals surface area contributed by atoms with Gasteiger partial charge < -0.3 is 5.11 Å². The molecule has 2 aromatic heterocycles. The third kappa shape index (κ3) is 8.98. The molecule has 338 valence electrons. The predicted molar refractivity (Wildman–Crippen MR) is 270 cm³/mol. The van der Waals surface area contributed by atoms with Crippen molar-refractivity contribution in [3.8, 4) is 56.3 Å². The number of nitrogens with zero attached hydrogens (tertiary/aromatic N) is 4. The maximum Gasteiger partial charge on any atom is 0.148 e. The summed E-state index contributed by atoms with van der Waals surface area (Å²) in [6.45, 7) is 33.4. The van der Waals surface area contributed by atoms with Gasteiger partial charge in [0.2, 0.25) is 0 Å². The van der Waals surface area contributed by atoms with Gasteiger partial charge in [-0.1, -0.05) is 175 Å². The molecule has 65 heavy (non-hydrogen) atoms. The first-order chi connectivity index (χ1) is 29.9. The number of imidazole rings is 1. The first-order valence-corrected chi connectivity index (χ1v) is 22.9. The molecule has 8 aromatic rings. The average Bonchev–Trinajstić information content (AvgIpc) is 3.61. The van der Waals surface area contributed by atoms with Crippen LogP contribution in [0, 0.1) is 13.0 Å². The van der Waals surface area contributed by atoms with Crippen molar-refractivity contribution in [2.24, 2.45) is 0 Å². The molecule has 0 unspecified atom stereocenters. The van der Waals surface area contributed by atoms with Crippen LogP contribution in [0.1, 0.15) is 136 Å². The van der Waals surface area contributed by atoms with Crippen molar-refractivity contribution in [3.63, 3.8) is 0 Å². The van der Waals surface area contributed by atoms with Crippen LogP contribution in [0.2, 0.25) is 0 Å². The van der Waals surface area contributed by atoms with Crippen LogP contribution in [-0.4, -0.2) is 24.6 Å². The van der Waals surface area contributed by atoms with Crippen LogP contribution in [0.3, 0.4) is 0 Å². The van der Waals surface area contributed by atoms with Crippen LogP contribution < -0.4 is 0 Å². The number of aromatic nitrogens is 4. The van der Waals surface area contributed by atoms with Crippen molar-refractivity contribution in [1.29, 1.82) is 0 Å². The Balaban J connectivity index is 0.00000630. The number of benzene rings is 6. The molecule has 0 saturated carbocycles. The summed E-state index contributed by atoms with van der Waals surface area (Å²) in [5.74, 6) is 1.32. The number of phenolic OH excluding ortho intramolecular Hbond substituents is 1. The van der Waals surface area contributed by atoms with E-state index >= 15 is 0 Å². The monoisotopic (exact) mass is 1040 g/mol. The van der Waals surface area contributed by atoms with Crippen molar-refractivity contribution in [2.45, 2.75) is 131 Å². The summed E-state index contributed by atoms with van der Waals surface area (Å²) in [6, 6.07) is 41.1. The zero-order chi connectivity index (χ0) is 46.3. The van der Waals surface area contributed by atoms with E-state index in [0.717, 1.165) is 72.3 Å². The van der Waals surface area contributed by atoms with E-state index in [1.807, 2.05) is 0 Å². The van der Waals surface area contributed by atoms with Gasteiger partial charge in [0.1, 0.15) is 17.9 Å². The number of fused-ring (bicyclic) bond motifs is 2. The molecule has 0 atom stereocenters. The SMILES string of the molecule is Cc1c(C(C)C)ccc2c(-c3[c-]c(-c4cccc5c4nc(-c4cc(C(C)(C)C)cc(C(C)(C)C)c4O)n5-c4ccc(C(C)(C)C)cc4-c4ccccc4)cc(C(C)(C)C)c3)ncnc12.[Pt]. The Morgan fingerprint density at radius 3 is 1.85 bits per heavy atom. The van der Waals surface area contributed by atoms with Crippen LogP contribution in [0.5, 0.6) is 5.75 Å². The van der Waals surface area contributed by atoms with E-state index < -0.39 is 0 Å². The molecule has 8 rings (SSSR count). The van der Waals surface area contributed by atoms with Crippen LogP contribution in [0.15, 0.2) is 109 Å². The minimum absolute atomic E-state index is 0. The zero-order valence-electron chi connectivity index (χ0n) is 41.0. The van der Waals surface area contributed by atoms with Gasteiger partial charge in [-0.2, -0.15) is 0 Å². The molecule has 0 spiro atoms. The number of aryl methyl sites for hydroxylation is 1. The second-order valence-electron chi connectivity index (χ2n) is 22.2. The maximum absolute atomic E-state index is 12.6. The van der Waals surface area contributed by atoms with Crippen LogP contribution >= 0.6 is 0 Å². The molecule has 2 heterocycles. The quantitative estimate of drug-likeness (QED) is 0.169. The number of hydrogen-bond donors (Lipinski definition) is 1. The molecule has 0 amide bonds. The predicted octanol–water partition coefficient (Wildman–Crippen LogP) is 15.8. The van der Waals surface area contributed by atoms with Gasteiger partial charge in [-0.15, -0.1) is 29.3 Å². The van der Waals surface area contributed by atoms with E-state index in [9.17, 15) is 5.11 Å². The van der Waals surface area contributed by atoms with Gasteiger partial charge >= 0.3 is 0 Å². The molecule has 1 N–H and O–H groups in total. The molecule has 0 radical (unpaired) electrons. The average molecular weight is 1040 g/mol. The summed E-state index contributed by atoms with van der Waals surface area (Å²) >= 11 is 0. The van der Waals surface area contributed by atoms with Crippen molar-refractivity contribution >= 4 is 21.9 Å². The van der Waals surface area contributed by atoms with E-state index in [1.54, 1.807) is 6.33 Å². The van der Waals surface area contributed by atoms with Gasteiger partial charge in [-0.25, -0.2) is 9.97 Å². The molecule has 0 aliphatic rings. The fourth-order valence-electron chi connectivity index (χ4n) is 9.00. The van der Waals surface area contributed by atoms with Crippen molar-refractivity contribution in [2.75, 3.05) is 0 Å². The number of rotatable bonds is 6. The molecular weight excluding hydrogens is 976 g/mol. The van der Waals surface area contributed by atoms with Crippen LogP contribution in [0.4, 0.5) is 0 Å². The molecule has 0 aliphatic heterocycles. The molecule has 5 nitrogen and oxygen atoms in total. The summed E-state index contributed by atoms with van der Waals surface area (Å²) < 4.78 is 2.28. The van der Waals surface area contributed by atoms with Gasteiger partial charge in [0.05, 0.1) is 27.8 Å². The van der Waals surface area contributed by atoms with Gasteiger partial charge in [-0.3, -0.25) is 9.55 Å². The third-order valence-corrected chi connectivity index (χ3v) is 12.9. The van der Waals surface area contributed by atoms with E-state index in [1.165, 1.54) is 22.3 Å². The summed E-state index contributed by atoms with van der Waals surface area (Å²) in [4.78, 5) is 15.4. The zero-order valence-corrected chi connectivity index (χ0v) is 43.3. The summed E-state index contributed by atoms with van der Waals surface area (Å²) in [5.41, 5.74) is 16.4. The second kappa shape index (κ2) is 17.1. The third-order valence-electron chi connectivity index (χ3n) is 12.9. The smallest absolute Gasteiger partial charge is 0.148 e. The standard InChI is InChI=1S/C59H65N4O.Pt/c1-35(2)43-25-26-45-51(36(43)3)60-34-61-52(45)39-28-38(29-41(30-39)57(7,8)9)44-22-19-23-50-53(44)62-55(47-32-42(58(10,11)12)33-48(54(47)64)59(13,14)15)63(50)49-27-24-40(56(4,5)6)31-46(49)37-20-17-16-18-21-37;/h16-27,29-35,64H,1-15H3;/q-1;. The van der Waals surface area contributed by atoms with E-state index in [-0.39, 0.29) is 48.5 Å². The van der Waals surface area contributed by atoms with E-state index in [0.29, 0.717) is 17.3 Å². The minimum atomic E-state index is -0.329. The Hall–Kier alpha value is -5.38. The van der Waals surface area contributed by atoms with Gasteiger partial charge in [-0.05, 0) is 92.0 Å². The van der Waals surface area contributed by atoms with E-state index in [4.69, 9.17) is 15.0 Å². The molecular formula is C59H65N4OPt-. The molecule has 0 bridgehead atoms. The first-order valence-electron chi connectivity index (χ1n) is 22.9. The first kappa shape index (κ1) is 47.6. The largest absolute Gasteiger partial charge is 0.507 e. The van der Waals surface area contributed by atoms with Gasteiger partial charge in [0, 0.05) is 37.9 Å². The second-order valence-corrected chi connectivity index (χ2v) is 22.2. The summed E-state index contributed by atoms with van der Waals surface area (Å²) in [5, 5.41) is 13.6. The molecule has 0 saturated heterocycles. The number of hydrogen-bond acceptors (Lipinski definition) is 4. The Morgan fingerprint density at radius 2 is 1.22 bits per heavy atom. The molecule has 0 aliphatic carbocycles. The summed E-state index contributed by atoms with van der Waals surface area (Å²) in [7, 11) is 0. The number of aromatic hydroxyl groups is 1.